The number of hydrogen-bond acceptors (Lipinski definition) is 3. The topological polar surface area (TPSA) is 32.3 Å². The lowest BCUT2D eigenvalue weighted by Crippen LogP contribution is -2.48. The van der Waals surface area contributed by atoms with E-state index in [1.807, 2.05) is 13.8 Å². The van der Waals surface area contributed by atoms with E-state index in [0.717, 1.165) is 26.2 Å². The molecule has 0 unspecified atom stereocenters. The molecule has 1 aromatic carbocycles. The van der Waals surface area contributed by atoms with Gasteiger partial charge >= 0.3 is 0 Å². The first-order valence-electron chi connectivity index (χ1n) is 6.72. The predicted octanol–water partition coefficient (Wildman–Crippen LogP) is 1.94. The smallest absolute Gasteiger partial charge is 0.169 e. The van der Waals surface area contributed by atoms with E-state index in [9.17, 15) is 9.18 Å². The third-order valence-electron chi connectivity index (χ3n) is 3.53. The van der Waals surface area contributed by atoms with Crippen LogP contribution in [-0.4, -0.2) is 43.4 Å². The van der Waals surface area contributed by atoms with E-state index < -0.39 is 5.41 Å². The van der Waals surface area contributed by atoms with Gasteiger partial charge < -0.3 is 5.32 Å². The maximum Gasteiger partial charge on any atom is 0.169 e. The summed E-state index contributed by atoms with van der Waals surface area (Å²) in [6.45, 7) is 8.42. The summed E-state index contributed by atoms with van der Waals surface area (Å²) in [6.07, 6.45) is 0. The van der Waals surface area contributed by atoms with Crippen molar-refractivity contribution < 1.29 is 9.18 Å². The second-order valence-corrected chi connectivity index (χ2v) is 5.75. The van der Waals surface area contributed by atoms with Crippen molar-refractivity contribution in [3.05, 3.63) is 35.6 Å². The van der Waals surface area contributed by atoms with Crippen LogP contribution in [0, 0.1) is 11.2 Å². The fourth-order valence-corrected chi connectivity index (χ4v) is 2.52. The molecule has 1 fully saturated rings. The Morgan fingerprint density at radius 2 is 2.05 bits per heavy atom. The van der Waals surface area contributed by atoms with Crippen LogP contribution in [0.1, 0.15) is 24.2 Å². The summed E-state index contributed by atoms with van der Waals surface area (Å²) < 4.78 is 13.2. The monoisotopic (exact) mass is 264 g/mol. The van der Waals surface area contributed by atoms with Gasteiger partial charge in [-0.2, -0.15) is 0 Å². The summed E-state index contributed by atoms with van der Waals surface area (Å²) in [6, 6.07) is 5.95. The lowest BCUT2D eigenvalue weighted by atomic mass is 9.83. The molecule has 1 aliphatic heterocycles. The fourth-order valence-electron chi connectivity index (χ4n) is 2.52. The largest absolute Gasteiger partial charge is 0.314 e. The van der Waals surface area contributed by atoms with Gasteiger partial charge in [0, 0.05) is 43.7 Å². The van der Waals surface area contributed by atoms with E-state index in [-0.39, 0.29) is 11.6 Å². The van der Waals surface area contributed by atoms with Crippen LogP contribution in [0.2, 0.25) is 0 Å². The van der Waals surface area contributed by atoms with Gasteiger partial charge in [-0.3, -0.25) is 9.69 Å². The minimum Gasteiger partial charge on any atom is -0.314 e. The number of benzene rings is 1. The minimum absolute atomic E-state index is 0.00512. The van der Waals surface area contributed by atoms with E-state index in [1.54, 1.807) is 12.1 Å². The molecule has 0 bridgehead atoms. The molecule has 2 rings (SSSR count). The van der Waals surface area contributed by atoms with E-state index in [1.165, 1.54) is 12.1 Å². The number of ketones is 1. The third-order valence-corrected chi connectivity index (χ3v) is 3.53. The lowest BCUT2D eigenvalue weighted by molar-refractivity contribution is 0.0751. The highest BCUT2D eigenvalue weighted by atomic mass is 19.1. The first-order valence-corrected chi connectivity index (χ1v) is 6.72. The Morgan fingerprint density at radius 1 is 1.37 bits per heavy atom. The standard InChI is InChI=1S/C15H21FN2O/c1-15(2,11-18-8-6-17-7-9-18)14(19)12-4-3-5-13(16)10-12/h3-5,10,17H,6-9,11H2,1-2H3. The van der Waals surface area contributed by atoms with Crippen molar-refractivity contribution in [1.82, 2.24) is 10.2 Å². The molecule has 0 spiro atoms. The zero-order valence-corrected chi connectivity index (χ0v) is 11.6. The van der Waals surface area contributed by atoms with Gasteiger partial charge in [-0.05, 0) is 12.1 Å². The highest BCUT2D eigenvalue weighted by molar-refractivity contribution is 6.00. The number of carbonyl (C=O) groups excluding carboxylic acids is 1. The van der Waals surface area contributed by atoms with Crippen LogP contribution in [-0.2, 0) is 0 Å². The first kappa shape index (κ1) is 14.2. The van der Waals surface area contributed by atoms with Gasteiger partial charge in [0.05, 0.1) is 0 Å². The van der Waals surface area contributed by atoms with Crippen molar-refractivity contribution in [1.29, 1.82) is 0 Å². The molecular formula is C15H21FN2O. The van der Waals surface area contributed by atoms with E-state index in [2.05, 4.69) is 10.2 Å². The highest BCUT2D eigenvalue weighted by Gasteiger charge is 2.31. The molecule has 0 atom stereocenters. The van der Waals surface area contributed by atoms with Crippen molar-refractivity contribution in [2.45, 2.75) is 13.8 Å². The quantitative estimate of drug-likeness (QED) is 0.844. The van der Waals surface area contributed by atoms with Gasteiger partial charge in [-0.25, -0.2) is 4.39 Å². The summed E-state index contributed by atoms with van der Waals surface area (Å²) in [5.41, 5.74) is -0.0364. The Labute approximate surface area is 113 Å². The fraction of sp³-hybridized carbons (Fsp3) is 0.533. The maximum atomic E-state index is 13.2. The van der Waals surface area contributed by atoms with E-state index >= 15 is 0 Å². The minimum atomic E-state index is -0.495. The molecule has 1 aliphatic rings. The molecule has 1 aromatic rings. The molecule has 3 nitrogen and oxygen atoms in total. The summed E-state index contributed by atoms with van der Waals surface area (Å²) >= 11 is 0. The Balaban J connectivity index is 2.07. The zero-order valence-electron chi connectivity index (χ0n) is 11.6. The molecule has 0 aliphatic carbocycles. The van der Waals surface area contributed by atoms with Gasteiger partial charge in [0.15, 0.2) is 5.78 Å². The van der Waals surface area contributed by atoms with Crippen molar-refractivity contribution in [2.24, 2.45) is 5.41 Å². The summed E-state index contributed by atoms with van der Waals surface area (Å²) in [5, 5.41) is 3.29. The van der Waals surface area contributed by atoms with Crippen LogP contribution in [0.15, 0.2) is 24.3 Å². The van der Waals surface area contributed by atoms with Crippen molar-refractivity contribution in [2.75, 3.05) is 32.7 Å². The number of carbonyl (C=O) groups is 1. The average molecular weight is 264 g/mol. The van der Waals surface area contributed by atoms with Crippen LogP contribution in [0.5, 0.6) is 0 Å². The van der Waals surface area contributed by atoms with Crippen molar-refractivity contribution in [3.8, 4) is 0 Å². The number of piperazine rings is 1. The number of halogens is 1. The Kier molecular flexibility index (Phi) is 4.32. The van der Waals surface area contributed by atoms with Crippen LogP contribution in [0.3, 0.4) is 0 Å². The number of Topliss-reactive ketones (excluding diaryl/α,β-unsaturated/α-hetero) is 1. The van der Waals surface area contributed by atoms with Gasteiger partial charge in [-0.15, -0.1) is 0 Å². The molecule has 0 amide bonds. The van der Waals surface area contributed by atoms with E-state index in [0.29, 0.717) is 12.1 Å². The predicted molar refractivity (Wildman–Crippen MR) is 73.8 cm³/mol. The second kappa shape index (κ2) is 5.80. The van der Waals surface area contributed by atoms with Crippen molar-refractivity contribution in [3.63, 3.8) is 0 Å². The third kappa shape index (κ3) is 3.61. The Hall–Kier alpha value is -1.26. The molecule has 1 heterocycles. The zero-order chi connectivity index (χ0) is 13.9. The van der Waals surface area contributed by atoms with Crippen LogP contribution in [0.4, 0.5) is 4.39 Å². The van der Waals surface area contributed by atoms with Gasteiger partial charge in [-0.1, -0.05) is 26.0 Å². The molecule has 0 saturated carbocycles. The second-order valence-electron chi connectivity index (χ2n) is 5.75. The van der Waals surface area contributed by atoms with Gasteiger partial charge in [0.2, 0.25) is 0 Å². The molecule has 4 heteroatoms. The summed E-state index contributed by atoms with van der Waals surface area (Å²) in [7, 11) is 0. The molecule has 0 aromatic heterocycles. The number of nitrogens with zero attached hydrogens (tertiary/aromatic N) is 1. The molecule has 19 heavy (non-hydrogen) atoms. The molecule has 1 saturated heterocycles. The molecule has 1 N–H and O–H groups in total. The summed E-state index contributed by atoms with van der Waals surface area (Å²) in [4.78, 5) is 14.8. The Morgan fingerprint density at radius 3 is 2.68 bits per heavy atom. The Bertz CT molecular complexity index is 453. The molecule has 0 radical (unpaired) electrons. The molecular weight excluding hydrogens is 243 g/mol. The van der Waals surface area contributed by atoms with Crippen LogP contribution < -0.4 is 5.32 Å². The van der Waals surface area contributed by atoms with Gasteiger partial charge in [0.1, 0.15) is 5.82 Å². The number of hydrogen-bond donors (Lipinski definition) is 1. The number of rotatable bonds is 4. The first-order chi connectivity index (χ1) is 8.99. The maximum absolute atomic E-state index is 13.2. The van der Waals surface area contributed by atoms with Gasteiger partial charge in [0.25, 0.3) is 0 Å². The molecule has 104 valence electrons. The summed E-state index contributed by atoms with van der Waals surface area (Å²) in [5.74, 6) is -0.352. The normalized spacial score (nSPS) is 17.4. The van der Waals surface area contributed by atoms with Crippen LogP contribution >= 0.6 is 0 Å². The SMILES string of the molecule is CC(C)(CN1CCNCC1)C(=O)c1cccc(F)c1. The lowest BCUT2D eigenvalue weighted by Gasteiger charge is -2.34. The number of nitrogens with one attached hydrogen (secondary N) is 1. The van der Waals surface area contributed by atoms with Crippen LogP contribution in [0.25, 0.3) is 0 Å². The van der Waals surface area contributed by atoms with E-state index in [4.69, 9.17) is 0 Å². The highest BCUT2D eigenvalue weighted by Crippen LogP contribution is 2.24. The average Bonchev–Trinajstić information content (AvgIpc) is 2.38. The van der Waals surface area contributed by atoms with Crippen molar-refractivity contribution >= 4 is 5.78 Å².